The van der Waals surface area contributed by atoms with Gasteiger partial charge >= 0.3 is 0 Å². The van der Waals surface area contributed by atoms with Crippen molar-refractivity contribution in [2.75, 3.05) is 0 Å². The van der Waals surface area contributed by atoms with E-state index in [9.17, 15) is 14.9 Å². The lowest BCUT2D eigenvalue weighted by atomic mass is 10.1. The second kappa shape index (κ2) is 10.6. The Kier molecular flexibility index (Phi) is 7.34. The fourth-order valence-electron chi connectivity index (χ4n) is 3.32. The molecule has 0 fully saturated rings. The lowest BCUT2D eigenvalue weighted by Gasteiger charge is -2.13. The molecule has 9 heteroatoms. The van der Waals surface area contributed by atoms with Crippen molar-refractivity contribution in [1.29, 1.82) is 0 Å². The van der Waals surface area contributed by atoms with E-state index in [1.165, 1.54) is 30.5 Å². The first-order valence-electron chi connectivity index (χ1n) is 10.1. The first kappa shape index (κ1) is 23.6. The van der Waals surface area contributed by atoms with E-state index >= 15 is 0 Å². The summed E-state index contributed by atoms with van der Waals surface area (Å²) < 4.78 is 7.54. The zero-order valence-electron chi connectivity index (χ0n) is 17.6. The van der Waals surface area contributed by atoms with Gasteiger partial charge in [0, 0.05) is 17.7 Å². The number of ether oxygens (including phenoxy) is 1. The van der Waals surface area contributed by atoms with Gasteiger partial charge in [-0.05, 0) is 78.0 Å². The molecule has 0 bridgehead atoms. The van der Waals surface area contributed by atoms with Crippen LogP contribution in [-0.2, 0) is 6.61 Å². The third-order valence-electron chi connectivity index (χ3n) is 4.99. The molecular formula is C25H17Br2N3O4. The van der Waals surface area contributed by atoms with Crippen molar-refractivity contribution in [3.63, 3.8) is 0 Å². The van der Waals surface area contributed by atoms with E-state index in [0.29, 0.717) is 12.4 Å². The predicted molar refractivity (Wildman–Crippen MR) is 138 cm³/mol. The number of fused-ring (bicyclic) bond motifs is 1. The molecule has 1 N–H and O–H groups in total. The summed E-state index contributed by atoms with van der Waals surface area (Å²) in [6.45, 7) is 0.400. The van der Waals surface area contributed by atoms with Gasteiger partial charge in [0.05, 0.1) is 20.1 Å². The highest BCUT2D eigenvalue weighted by Crippen LogP contribution is 2.35. The van der Waals surface area contributed by atoms with Crippen LogP contribution in [0.15, 0.2) is 92.9 Å². The Balaban J connectivity index is 1.42. The minimum absolute atomic E-state index is 0.0856. The number of carbonyl (C=O) groups is 1. The van der Waals surface area contributed by atoms with Crippen LogP contribution in [0.4, 0.5) is 5.69 Å². The number of nitro benzene ring substituents is 1. The average molecular weight is 583 g/mol. The number of nitro groups is 1. The van der Waals surface area contributed by atoms with Crippen LogP contribution in [-0.4, -0.2) is 17.0 Å². The quantitative estimate of drug-likeness (QED) is 0.151. The number of hydrogen-bond acceptors (Lipinski definition) is 5. The molecule has 0 aromatic heterocycles. The zero-order chi connectivity index (χ0) is 24.1. The monoisotopic (exact) mass is 581 g/mol. The third kappa shape index (κ3) is 5.49. The normalized spacial score (nSPS) is 11.0. The van der Waals surface area contributed by atoms with Crippen LogP contribution in [0.25, 0.3) is 10.8 Å². The first-order chi connectivity index (χ1) is 16.4. The predicted octanol–water partition coefficient (Wildman–Crippen LogP) is 6.62. The summed E-state index contributed by atoms with van der Waals surface area (Å²) >= 11 is 7.08. The van der Waals surface area contributed by atoms with Gasteiger partial charge in [0.2, 0.25) is 0 Å². The molecule has 0 aliphatic rings. The highest BCUT2D eigenvalue weighted by atomic mass is 79.9. The molecule has 170 valence electrons. The number of hydrogen-bond donors (Lipinski definition) is 1. The number of nitrogens with one attached hydrogen (secondary N) is 1. The molecule has 0 saturated heterocycles. The van der Waals surface area contributed by atoms with Crippen molar-refractivity contribution in [2.24, 2.45) is 5.10 Å². The van der Waals surface area contributed by atoms with E-state index in [1.54, 1.807) is 0 Å². The summed E-state index contributed by atoms with van der Waals surface area (Å²) in [6, 6.07) is 23.2. The van der Waals surface area contributed by atoms with E-state index < -0.39 is 10.8 Å². The van der Waals surface area contributed by atoms with Crippen molar-refractivity contribution in [1.82, 2.24) is 5.43 Å². The van der Waals surface area contributed by atoms with Crippen molar-refractivity contribution >= 4 is 60.4 Å². The Labute approximate surface area is 211 Å². The van der Waals surface area contributed by atoms with Crippen molar-refractivity contribution in [3.8, 4) is 5.75 Å². The van der Waals surface area contributed by atoms with Gasteiger partial charge in [0.1, 0.15) is 12.4 Å². The number of non-ortho nitro benzene ring substituents is 1. The van der Waals surface area contributed by atoms with Gasteiger partial charge in [-0.25, -0.2) is 5.43 Å². The lowest BCUT2D eigenvalue weighted by Crippen LogP contribution is -2.17. The van der Waals surface area contributed by atoms with Crippen molar-refractivity contribution in [3.05, 3.63) is 115 Å². The molecule has 0 radical (unpaired) electrons. The number of rotatable bonds is 7. The lowest BCUT2D eigenvalue weighted by molar-refractivity contribution is -0.384. The maximum absolute atomic E-state index is 12.2. The van der Waals surface area contributed by atoms with Gasteiger partial charge in [0.15, 0.2) is 0 Å². The summed E-state index contributed by atoms with van der Waals surface area (Å²) in [5.41, 5.74) is 4.40. The number of halogens is 2. The Bertz CT molecular complexity index is 1380. The minimum Gasteiger partial charge on any atom is -0.487 e. The molecule has 0 atom stereocenters. The Morgan fingerprint density at radius 2 is 1.68 bits per heavy atom. The van der Waals surface area contributed by atoms with Crippen molar-refractivity contribution in [2.45, 2.75) is 6.61 Å². The van der Waals surface area contributed by atoms with Gasteiger partial charge in [-0.3, -0.25) is 14.9 Å². The number of hydrazone groups is 1. The summed E-state index contributed by atoms with van der Waals surface area (Å²) in [7, 11) is 0. The van der Waals surface area contributed by atoms with Gasteiger partial charge in [-0.15, -0.1) is 0 Å². The van der Waals surface area contributed by atoms with Gasteiger partial charge in [0.25, 0.3) is 11.6 Å². The number of carbonyl (C=O) groups excluding carboxylic acids is 1. The summed E-state index contributed by atoms with van der Waals surface area (Å²) in [5, 5.41) is 17.0. The molecule has 4 aromatic rings. The molecule has 4 rings (SSSR count). The van der Waals surface area contributed by atoms with Crippen molar-refractivity contribution < 1.29 is 14.5 Å². The van der Waals surface area contributed by atoms with E-state index in [-0.39, 0.29) is 11.3 Å². The van der Waals surface area contributed by atoms with Gasteiger partial charge in [-0.2, -0.15) is 5.10 Å². The Morgan fingerprint density at radius 3 is 2.38 bits per heavy atom. The molecule has 7 nitrogen and oxygen atoms in total. The average Bonchev–Trinajstić information content (AvgIpc) is 2.83. The van der Waals surface area contributed by atoms with Gasteiger partial charge < -0.3 is 4.74 Å². The summed E-state index contributed by atoms with van der Waals surface area (Å²) in [5.74, 6) is 0.180. The molecule has 0 spiro atoms. The van der Waals surface area contributed by atoms with Crippen LogP contribution in [0, 0.1) is 10.1 Å². The zero-order valence-corrected chi connectivity index (χ0v) is 20.7. The standard InChI is InChI=1S/C25H17Br2N3O4/c26-22-12-16(14-28-29-25(31)18-8-10-20(11-9-18)30(32)33)13-23(27)24(22)34-15-19-6-3-5-17-4-1-2-7-21(17)19/h1-14H,15H2,(H,29,31)/b28-14-. The maximum Gasteiger partial charge on any atom is 0.271 e. The van der Waals surface area contributed by atoms with Crippen LogP contribution in [0.1, 0.15) is 21.5 Å². The number of amides is 1. The van der Waals surface area contributed by atoms with Crippen LogP contribution < -0.4 is 10.2 Å². The third-order valence-corrected chi connectivity index (χ3v) is 6.17. The topological polar surface area (TPSA) is 93.8 Å². The SMILES string of the molecule is O=C(N/N=C\c1cc(Br)c(OCc2cccc3ccccc23)c(Br)c1)c1ccc([N+](=O)[O-])cc1. The highest BCUT2D eigenvalue weighted by molar-refractivity contribution is 9.11. The molecule has 0 heterocycles. The van der Waals surface area contributed by atoms with Crippen LogP contribution in [0.3, 0.4) is 0 Å². The second-order valence-corrected chi connectivity index (χ2v) is 8.95. The van der Waals surface area contributed by atoms with Crippen LogP contribution in [0.5, 0.6) is 5.75 Å². The van der Waals surface area contributed by atoms with E-state index in [4.69, 9.17) is 4.74 Å². The molecule has 34 heavy (non-hydrogen) atoms. The first-order valence-corrected chi connectivity index (χ1v) is 11.7. The summed E-state index contributed by atoms with van der Waals surface area (Å²) in [4.78, 5) is 22.4. The molecule has 0 saturated carbocycles. The molecule has 0 unspecified atom stereocenters. The fraction of sp³-hybridized carbons (Fsp3) is 0.0400. The second-order valence-electron chi connectivity index (χ2n) is 7.24. The largest absolute Gasteiger partial charge is 0.487 e. The Hall–Kier alpha value is -3.56. The van der Waals surface area contributed by atoms with Crippen LogP contribution in [0.2, 0.25) is 0 Å². The number of benzene rings is 4. The van der Waals surface area contributed by atoms with E-state index in [2.05, 4.69) is 60.6 Å². The molecule has 4 aromatic carbocycles. The summed E-state index contributed by atoms with van der Waals surface area (Å²) in [6.07, 6.45) is 1.49. The van der Waals surface area contributed by atoms with Crippen LogP contribution >= 0.6 is 31.9 Å². The smallest absolute Gasteiger partial charge is 0.271 e. The molecule has 1 amide bonds. The highest BCUT2D eigenvalue weighted by Gasteiger charge is 2.11. The minimum atomic E-state index is -0.523. The van der Waals surface area contributed by atoms with E-state index in [1.807, 2.05) is 36.4 Å². The van der Waals surface area contributed by atoms with Gasteiger partial charge in [-0.1, -0.05) is 42.5 Å². The molecule has 0 aliphatic carbocycles. The fourth-order valence-corrected chi connectivity index (χ4v) is 4.78. The molecular weight excluding hydrogens is 566 g/mol. The Morgan fingerprint density at radius 1 is 1.00 bits per heavy atom. The molecule has 0 aliphatic heterocycles. The maximum atomic E-state index is 12.2. The van der Waals surface area contributed by atoms with E-state index in [0.717, 1.165) is 30.8 Å². The number of nitrogens with zero attached hydrogens (tertiary/aromatic N) is 2.